The minimum absolute atomic E-state index is 0.0172. The van der Waals surface area contributed by atoms with E-state index in [2.05, 4.69) is 22.0 Å². The van der Waals surface area contributed by atoms with E-state index >= 15 is 0 Å². The van der Waals surface area contributed by atoms with Gasteiger partial charge in [0.15, 0.2) is 11.5 Å². The molecule has 1 saturated heterocycles. The van der Waals surface area contributed by atoms with E-state index in [4.69, 9.17) is 13.9 Å². The van der Waals surface area contributed by atoms with Gasteiger partial charge in [0.2, 0.25) is 11.8 Å². The number of carbonyl (C=O) groups is 1. The Morgan fingerprint density at radius 3 is 2.43 bits per heavy atom. The molecule has 9 heteroatoms. The van der Waals surface area contributed by atoms with Gasteiger partial charge in [0.25, 0.3) is 0 Å². The molecule has 1 amide bonds. The molecule has 2 heterocycles. The first kappa shape index (κ1) is 24.9. The number of benzene rings is 2. The number of amides is 1. The Hall–Kier alpha value is -3.17. The number of hydrogen-bond donors (Lipinski definition) is 0. The van der Waals surface area contributed by atoms with Gasteiger partial charge >= 0.3 is 0 Å². The summed E-state index contributed by atoms with van der Waals surface area (Å²) in [4.78, 5) is 21.4. The monoisotopic (exact) mass is 497 g/mol. The molecule has 1 aliphatic heterocycles. The Bertz CT molecular complexity index is 1170. The first-order valence-electron chi connectivity index (χ1n) is 11.5. The van der Waals surface area contributed by atoms with Crippen molar-refractivity contribution in [2.75, 3.05) is 46.2 Å². The van der Waals surface area contributed by atoms with Crippen LogP contribution in [0.15, 0.2) is 52.9 Å². The Kier molecular flexibility index (Phi) is 8.20. The fraction of sp³-hybridized carbons (Fsp3) is 0.385. The number of oxazole rings is 1. The van der Waals surface area contributed by atoms with E-state index in [-0.39, 0.29) is 17.4 Å². The summed E-state index contributed by atoms with van der Waals surface area (Å²) in [7, 11) is 1.76. The van der Waals surface area contributed by atoms with Crippen molar-refractivity contribution in [3.05, 3.63) is 65.5 Å². The van der Waals surface area contributed by atoms with Crippen molar-refractivity contribution < 1.29 is 22.9 Å². The molecule has 8 nitrogen and oxygen atoms in total. The Morgan fingerprint density at radius 1 is 1.03 bits per heavy atom. The molecule has 1 atom stereocenters. The van der Waals surface area contributed by atoms with Gasteiger partial charge in [-0.15, -0.1) is 0 Å². The standard InChI is InChI=1S/C26H31N3O5S/c1-19-22(27-26(34-19)21-9-10-23(32-2)24(15-21)33-3)17-35(31)18-25(30)29-13-11-28(12-14-29)16-20-7-5-4-6-8-20/h4-10,15H,11-14,16-18H2,1-3H3. The first-order valence-corrected chi connectivity index (χ1v) is 13.0. The van der Waals surface area contributed by atoms with E-state index in [1.54, 1.807) is 33.3 Å². The van der Waals surface area contributed by atoms with Crippen LogP contribution in [0.5, 0.6) is 11.5 Å². The van der Waals surface area contributed by atoms with Crippen LogP contribution in [0.2, 0.25) is 0 Å². The van der Waals surface area contributed by atoms with Crippen molar-refractivity contribution in [2.45, 2.75) is 19.2 Å². The number of aromatic nitrogens is 1. The highest BCUT2D eigenvalue weighted by Gasteiger charge is 2.23. The third-order valence-electron chi connectivity index (χ3n) is 6.08. The molecule has 35 heavy (non-hydrogen) atoms. The van der Waals surface area contributed by atoms with E-state index in [0.29, 0.717) is 41.9 Å². The summed E-state index contributed by atoms with van der Waals surface area (Å²) in [6.07, 6.45) is 0. The lowest BCUT2D eigenvalue weighted by atomic mass is 10.2. The van der Waals surface area contributed by atoms with Gasteiger partial charge in [-0.05, 0) is 30.7 Å². The summed E-state index contributed by atoms with van der Waals surface area (Å²) in [5, 5.41) is 0. The molecule has 4 rings (SSSR count). The number of carbonyl (C=O) groups excluding carboxylic acids is 1. The van der Waals surface area contributed by atoms with Gasteiger partial charge in [-0.1, -0.05) is 30.3 Å². The molecule has 2 aromatic carbocycles. The topological polar surface area (TPSA) is 85.1 Å². The van der Waals surface area contributed by atoms with Crippen LogP contribution in [0.3, 0.4) is 0 Å². The number of aryl methyl sites for hydroxylation is 1. The van der Waals surface area contributed by atoms with E-state index in [1.807, 2.05) is 29.2 Å². The van der Waals surface area contributed by atoms with Gasteiger partial charge in [-0.3, -0.25) is 13.9 Å². The van der Waals surface area contributed by atoms with Crippen LogP contribution in [-0.2, 0) is 27.9 Å². The first-order chi connectivity index (χ1) is 17.0. The van der Waals surface area contributed by atoms with Crippen molar-refractivity contribution in [3.8, 4) is 23.0 Å². The van der Waals surface area contributed by atoms with Gasteiger partial charge < -0.3 is 18.8 Å². The predicted molar refractivity (Wildman–Crippen MR) is 135 cm³/mol. The molecule has 0 aliphatic carbocycles. The molecule has 0 N–H and O–H groups in total. The van der Waals surface area contributed by atoms with Crippen molar-refractivity contribution in [2.24, 2.45) is 0 Å². The highest BCUT2D eigenvalue weighted by molar-refractivity contribution is 7.84. The molecule has 0 spiro atoms. The average molecular weight is 498 g/mol. The summed E-state index contributed by atoms with van der Waals surface area (Å²) < 4.78 is 29.2. The van der Waals surface area contributed by atoms with Crippen LogP contribution < -0.4 is 9.47 Å². The van der Waals surface area contributed by atoms with Crippen LogP contribution in [0.4, 0.5) is 0 Å². The lowest BCUT2D eigenvalue weighted by molar-refractivity contribution is -0.130. The second-order valence-electron chi connectivity index (χ2n) is 8.46. The Labute approximate surface area is 208 Å². The van der Waals surface area contributed by atoms with Crippen molar-refractivity contribution >= 4 is 16.7 Å². The largest absolute Gasteiger partial charge is 0.493 e. The minimum Gasteiger partial charge on any atom is -0.493 e. The molecule has 1 aliphatic rings. The highest BCUT2D eigenvalue weighted by atomic mass is 32.2. The summed E-state index contributed by atoms with van der Waals surface area (Å²) in [6.45, 7) is 5.58. The molecule has 0 bridgehead atoms. The van der Waals surface area contributed by atoms with Gasteiger partial charge in [-0.25, -0.2) is 4.98 Å². The van der Waals surface area contributed by atoms with Gasteiger partial charge in [-0.2, -0.15) is 0 Å². The third-order valence-corrected chi connectivity index (χ3v) is 7.24. The average Bonchev–Trinajstić information content (AvgIpc) is 3.24. The summed E-state index contributed by atoms with van der Waals surface area (Å²) in [5.41, 5.74) is 2.59. The van der Waals surface area contributed by atoms with Gasteiger partial charge in [0.05, 0.1) is 25.7 Å². The molecular weight excluding hydrogens is 466 g/mol. The van der Waals surface area contributed by atoms with E-state index < -0.39 is 10.8 Å². The molecule has 0 saturated carbocycles. The lowest BCUT2D eigenvalue weighted by Gasteiger charge is -2.34. The molecule has 186 valence electrons. The predicted octanol–water partition coefficient (Wildman–Crippen LogP) is 3.26. The van der Waals surface area contributed by atoms with E-state index in [0.717, 1.165) is 25.2 Å². The number of methoxy groups -OCH3 is 2. The smallest absolute Gasteiger partial charge is 0.235 e. The van der Waals surface area contributed by atoms with E-state index in [1.165, 1.54) is 5.56 Å². The van der Waals surface area contributed by atoms with Crippen LogP contribution >= 0.6 is 0 Å². The second-order valence-corrected chi connectivity index (χ2v) is 9.92. The zero-order valence-corrected chi connectivity index (χ0v) is 21.2. The molecule has 0 radical (unpaired) electrons. The fourth-order valence-electron chi connectivity index (χ4n) is 4.08. The summed E-state index contributed by atoms with van der Waals surface area (Å²) in [5.74, 6) is 2.25. The van der Waals surface area contributed by atoms with Crippen LogP contribution in [0.1, 0.15) is 17.0 Å². The quantitative estimate of drug-likeness (QED) is 0.449. The number of ether oxygens (including phenoxy) is 2. The van der Waals surface area contributed by atoms with Crippen LogP contribution in [0.25, 0.3) is 11.5 Å². The maximum absolute atomic E-state index is 12.8. The normalized spacial score (nSPS) is 15.1. The van der Waals surface area contributed by atoms with Crippen molar-refractivity contribution in [1.29, 1.82) is 0 Å². The number of nitrogens with zero attached hydrogens (tertiary/aromatic N) is 3. The highest BCUT2D eigenvalue weighted by Crippen LogP contribution is 2.32. The number of rotatable bonds is 9. The summed E-state index contributed by atoms with van der Waals surface area (Å²) >= 11 is 0. The van der Waals surface area contributed by atoms with Crippen molar-refractivity contribution in [1.82, 2.24) is 14.8 Å². The van der Waals surface area contributed by atoms with Crippen LogP contribution in [-0.4, -0.2) is 71.1 Å². The molecule has 1 fully saturated rings. The Morgan fingerprint density at radius 2 is 1.74 bits per heavy atom. The summed E-state index contributed by atoms with van der Waals surface area (Å²) in [6, 6.07) is 15.7. The maximum Gasteiger partial charge on any atom is 0.235 e. The van der Waals surface area contributed by atoms with Crippen LogP contribution in [0, 0.1) is 6.92 Å². The molecule has 1 aromatic heterocycles. The Balaban J connectivity index is 1.30. The van der Waals surface area contributed by atoms with Gasteiger partial charge in [0.1, 0.15) is 11.5 Å². The SMILES string of the molecule is COc1ccc(-c2nc(CS(=O)CC(=O)N3CCN(Cc4ccccc4)CC3)c(C)o2)cc1OC. The molecule has 1 unspecified atom stereocenters. The number of piperazine rings is 1. The third kappa shape index (κ3) is 6.29. The van der Waals surface area contributed by atoms with Gasteiger partial charge in [0, 0.05) is 49.1 Å². The molecular formula is C26H31N3O5S. The minimum atomic E-state index is -1.38. The second kappa shape index (κ2) is 11.5. The fourth-order valence-corrected chi connectivity index (χ4v) is 5.22. The zero-order valence-electron chi connectivity index (χ0n) is 20.4. The maximum atomic E-state index is 12.8. The van der Waals surface area contributed by atoms with Crippen molar-refractivity contribution in [3.63, 3.8) is 0 Å². The molecule has 3 aromatic rings. The lowest BCUT2D eigenvalue weighted by Crippen LogP contribution is -2.49. The van der Waals surface area contributed by atoms with E-state index in [9.17, 15) is 9.00 Å². The zero-order chi connectivity index (χ0) is 24.8. The number of hydrogen-bond acceptors (Lipinski definition) is 7.